The van der Waals surface area contributed by atoms with Crippen LogP contribution >= 0.6 is 0 Å². The number of methoxy groups -OCH3 is 1. The average molecular weight is 384 g/mol. The zero-order valence-corrected chi connectivity index (χ0v) is 16.6. The van der Waals surface area contributed by atoms with E-state index in [1.165, 1.54) is 6.42 Å². The molecule has 1 spiro atoms. The molecule has 3 heterocycles. The van der Waals surface area contributed by atoms with Crippen molar-refractivity contribution in [1.29, 1.82) is 0 Å². The lowest BCUT2D eigenvalue weighted by atomic mass is 9.78. The van der Waals surface area contributed by atoms with E-state index in [1.807, 2.05) is 30.3 Å². The Morgan fingerprint density at radius 3 is 2.71 bits per heavy atom. The molecule has 2 fully saturated rings. The monoisotopic (exact) mass is 384 g/mol. The highest BCUT2D eigenvalue weighted by molar-refractivity contribution is 5.95. The van der Waals surface area contributed by atoms with E-state index in [0.29, 0.717) is 29.1 Å². The Morgan fingerprint density at radius 2 is 2.07 bits per heavy atom. The van der Waals surface area contributed by atoms with Crippen LogP contribution in [0.3, 0.4) is 0 Å². The molecule has 2 aliphatic heterocycles. The van der Waals surface area contributed by atoms with Gasteiger partial charge < -0.3 is 19.7 Å². The minimum atomic E-state index is 0.0675. The molecular formula is C21H28N4O3. The third kappa shape index (κ3) is 3.85. The maximum atomic E-state index is 13.0. The second-order valence-electron chi connectivity index (χ2n) is 7.90. The van der Waals surface area contributed by atoms with Crippen molar-refractivity contribution in [2.75, 3.05) is 33.3 Å². The number of likely N-dealkylation sites (tertiary alicyclic amines) is 1. The molecule has 1 N–H and O–H groups in total. The van der Waals surface area contributed by atoms with Gasteiger partial charge in [0.25, 0.3) is 5.91 Å². The maximum Gasteiger partial charge on any atom is 0.253 e. The molecule has 0 unspecified atom stereocenters. The van der Waals surface area contributed by atoms with E-state index in [1.54, 1.807) is 24.1 Å². The number of carbonyl (C=O) groups is 1. The summed E-state index contributed by atoms with van der Waals surface area (Å²) in [6.07, 6.45) is 7.07. The van der Waals surface area contributed by atoms with Crippen LogP contribution in [-0.2, 0) is 13.7 Å². The number of aromatic nitrogens is 2. The van der Waals surface area contributed by atoms with E-state index < -0.39 is 0 Å². The first kappa shape index (κ1) is 18.8. The third-order valence-electron chi connectivity index (χ3n) is 6.01. The van der Waals surface area contributed by atoms with E-state index in [2.05, 4.69) is 10.4 Å². The van der Waals surface area contributed by atoms with Crippen molar-refractivity contribution >= 4 is 5.91 Å². The number of nitrogens with one attached hydrogen (secondary N) is 1. The van der Waals surface area contributed by atoms with Crippen molar-refractivity contribution in [2.45, 2.75) is 25.9 Å². The molecule has 0 bridgehead atoms. The van der Waals surface area contributed by atoms with Crippen molar-refractivity contribution in [3.63, 3.8) is 0 Å². The van der Waals surface area contributed by atoms with Crippen LogP contribution < -0.4 is 14.8 Å². The highest BCUT2D eigenvalue weighted by atomic mass is 16.5. The van der Waals surface area contributed by atoms with Gasteiger partial charge in [-0.2, -0.15) is 5.10 Å². The van der Waals surface area contributed by atoms with Crippen molar-refractivity contribution in [3.8, 4) is 11.5 Å². The molecule has 4 rings (SSSR count). The Bertz CT molecular complexity index is 832. The van der Waals surface area contributed by atoms with Gasteiger partial charge in [-0.3, -0.25) is 9.48 Å². The molecule has 2 aliphatic rings. The fourth-order valence-corrected chi connectivity index (χ4v) is 4.22. The molecule has 2 saturated heterocycles. The largest absolute Gasteiger partial charge is 0.493 e. The van der Waals surface area contributed by atoms with Crippen LogP contribution in [0, 0.1) is 5.41 Å². The first-order valence-corrected chi connectivity index (χ1v) is 9.87. The lowest BCUT2D eigenvalue weighted by Crippen LogP contribution is -2.44. The minimum absolute atomic E-state index is 0.0675. The van der Waals surface area contributed by atoms with Crippen molar-refractivity contribution < 1.29 is 14.3 Å². The summed E-state index contributed by atoms with van der Waals surface area (Å²) in [6, 6.07) is 5.42. The lowest BCUT2D eigenvalue weighted by molar-refractivity contribution is 0.0607. The van der Waals surface area contributed by atoms with Gasteiger partial charge >= 0.3 is 0 Å². The molecule has 0 atom stereocenters. The third-order valence-corrected chi connectivity index (χ3v) is 6.01. The van der Waals surface area contributed by atoms with Gasteiger partial charge in [-0.15, -0.1) is 0 Å². The van der Waals surface area contributed by atoms with E-state index in [-0.39, 0.29) is 5.91 Å². The zero-order valence-electron chi connectivity index (χ0n) is 16.6. The molecule has 7 heteroatoms. The van der Waals surface area contributed by atoms with E-state index in [0.717, 1.165) is 44.6 Å². The molecule has 1 aromatic heterocycles. The Kier molecular flexibility index (Phi) is 5.26. The standard InChI is InChI=1S/C21H28N4O3/c1-24-13-16(12-23-24)14-28-18-4-3-17(11-19(18)27-2)20(26)25-9-6-21(7-10-25)5-8-22-15-21/h3-4,11-13,22H,5-10,14-15H2,1-2H3. The normalized spacial score (nSPS) is 18.4. The number of carbonyl (C=O) groups excluding carboxylic acids is 1. The van der Waals surface area contributed by atoms with Gasteiger partial charge in [0.15, 0.2) is 11.5 Å². The highest BCUT2D eigenvalue weighted by Crippen LogP contribution is 2.37. The topological polar surface area (TPSA) is 68.6 Å². The summed E-state index contributed by atoms with van der Waals surface area (Å²) in [5.41, 5.74) is 2.03. The summed E-state index contributed by atoms with van der Waals surface area (Å²) in [7, 11) is 3.47. The number of hydrogen-bond acceptors (Lipinski definition) is 5. The van der Waals surface area contributed by atoms with Crippen molar-refractivity contribution in [2.24, 2.45) is 12.5 Å². The number of piperidine rings is 1. The predicted molar refractivity (Wildman–Crippen MR) is 106 cm³/mol. The summed E-state index contributed by atoms with van der Waals surface area (Å²) in [5, 5.41) is 7.60. The highest BCUT2D eigenvalue weighted by Gasteiger charge is 2.38. The number of aryl methyl sites for hydroxylation is 1. The van der Waals surface area contributed by atoms with Crippen LogP contribution in [0.15, 0.2) is 30.6 Å². The Labute approximate surface area is 165 Å². The number of nitrogens with zero attached hydrogens (tertiary/aromatic N) is 3. The molecule has 0 saturated carbocycles. The summed E-state index contributed by atoms with van der Waals surface area (Å²) in [6.45, 7) is 4.24. The molecule has 0 radical (unpaired) electrons. The molecule has 7 nitrogen and oxygen atoms in total. The van der Waals surface area contributed by atoms with Gasteiger partial charge in [-0.05, 0) is 49.4 Å². The fraction of sp³-hybridized carbons (Fsp3) is 0.524. The van der Waals surface area contributed by atoms with Crippen LogP contribution in [0.4, 0.5) is 0 Å². The van der Waals surface area contributed by atoms with E-state index in [4.69, 9.17) is 9.47 Å². The first-order valence-electron chi connectivity index (χ1n) is 9.87. The molecular weight excluding hydrogens is 356 g/mol. The molecule has 150 valence electrons. The minimum Gasteiger partial charge on any atom is -0.493 e. The molecule has 28 heavy (non-hydrogen) atoms. The van der Waals surface area contributed by atoms with Gasteiger partial charge in [-0.25, -0.2) is 0 Å². The quantitative estimate of drug-likeness (QED) is 0.856. The lowest BCUT2D eigenvalue weighted by Gasteiger charge is -2.39. The SMILES string of the molecule is COc1cc(C(=O)N2CCC3(CCNC3)CC2)ccc1OCc1cnn(C)c1. The second kappa shape index (κ2) is 7.83. The van der Waals surface area contributed by atoms with Gasteiger partial charge in [0.1, 0.15) is 6.61 Å². The van der Waals surface area contributed by atoms with Gasteiger partial charge in [0.2, 0.25) is 0 Å². The maximum absolute atomic E-state index is 13.0. The average Bonchev–Trinajstić information content (AvgIpc) is 3.35. The number of amides is 1. The predicted octanol–water partition coefficient (Wildman–Crippen LogP) is 2.22. The zero-order chi connectivity index (χ0) is 19.6. The number of rotatable bonds is 5. The number of hydrogen-bond donors (Lipinski definition) is 1. The Balaban J connectivity index is 1.41. The summed E-state index contributed by atoms with van der Waals surface area (Å²) in [5.74, 6) is 1.26. The summed E-state index contributed by atoms with van der Waals surface area (Å²) in [4.78, 5) is 14.9. The van der Waals surface area contributed by atoms with E-state index >= 15 is 0 Å². The van der Waals surface area contributed by atoms with Crippen LogP contribution in [0.5, 0.6) is 11.5 Å². The van der Waals surface area contributed by atoms with E-state index in [9.17, 15) is 4.79 Å². The molecule has 1 aromatic carbocycles. The first-order chi connectivity index (χ1) is 13.6. The summed E-state index contributed by atoms with van der Waals surface area (Å²) < 4.78 is 13.1. The number of benzene rings is 1. The fourth-order valence-electron chi connectivity index (χ4n) is 4.22. The number of ether oxygens (including phenoxy) is 2. The Morgan fingerprint density at radius 1 is 1.25 bits per heavy atom. The molecule has 0 aliphatic carbocycles. The van der Waals surface area contributed by atoms with Gasteiger partial charge in [0.05, 0.1) is 13.3 Å². The molecule has 1 amide bonds. The Hall–Kier alpha value is -2.54. The van der Waals surface area contributed by atoms with Gasteiger partial charge in [0, 0.05) is 44.0 Å². The second-order valence-corrected chi connectivity index (χ2v) is 7.90. The van der Waals surface area contributed by atoms with Crippen LogP contribution in [0.2, 0.25) is 0 Å². The smallest absolute Gasteiger partial charge is 0.253 e. The van der Waals surface area contributed by atoms with Crippen molar-refractivity contribution in [3.05, 3.63) is 41.7 Å². The van der Waals surface area contributed by atoms with Crippen LogP contribution in [0.1, 0.15) is 35.2 Å². The summed E-state index contributed by atoms with van der Waals surface area (Å²) >= 11 is 0. The van der Waals surface area contributed by atoms with Crippen LogP contribution in [0.25, 0.3) is 0 Å². The van der Waals surface area contributed by atoms with Crippen molar-refractivity contribution in [1.82, 2.24) is 20.0 Å². The van der Waals surface area contributed by atoms with Crippen LogP contribution in [-0.4, -0.2) is 53.9 Å². The van der Waals surface area contributed by atoms with Gasteiger partial charge in [-0.1, -0.05) is 0 Å². The molecule has 2 aromatic rings.